The number of carbonyl (C=O) groups excluding carboxylic acids is 1. The van der Waals surface area contributed by atoms with E-state index in [0.29, 0.717) is 6.54 Å². The second-order valence-corrected chi connectivity index (χ2v) is 8.53. The van der Waals surface area contributed by atoms with Gasteiger partial charge in [-0.15, -0.1) is 0 Å². The van der Waals surface area contributed by atoms with Gasteiger partial charge in [0, 0.05) is 12.6 Å². The summed E-state index contributed by atoms with van der Waals surface area (Å²) in [5.41, 5.74) is 8.95. The average molecular weight is 351 g/mol. The molecule has 138 valence electrons. The predicted octanol–water partition coefficient (Wildman–Crippen LogP) is 4.36. The summed E-state index contributed by atoms with van der Waals surface area (Å²) in [6.45, 7) is 9.35. The molecule has 0 bridgehead atoms. The maximum Gasteiger partial charge on any atom is 0.230 e. The second-order valence-electron chi connectivity index (χ2n) is 8.53. The Balaban J connectivity index is 1.95. The summed E-state index contributed by atoms with van der Waals surface area (Å²) < 4.78 is 0. The van der Waals surface area contributed by atoms with E-state index < -0.39 is 0 Å². The topological polar surface area (TPSA) is 46.3 Å². The summed E-state index contributed by atoms with van der Waals surface area (Å²) in [5.74, 6) is 0.250. The highest BCUT2D eigenvalue weighted by Gasteiger charge is 2.47. The normalized spacial score (nSPS) is 24.5. The Hall–Kier alpha value is -2.13. The van der Waals surface area contributed by atoms with Crippen LogP contribution < -0.4 is 5.73 Å². The van der Waals surface area contributed by atoms with Gasteiger partial charge in [0.05, 0.1) is 12.0 Å². The van der Waals surface area contributed by atoms with Crippen LogP contribution in [0.25, 0.3) is 0 Å². The molecule has 1 saturated heterocycles. The first-order valence-electron chi connectivity index (χ1n) is 9.46. The Morgan fingerprint density at radius 1 is 1.04 bits per heavy atom. The molecule has 26 heavy (non-hydrogen) atoms. The molecule has 2 aromatic carbocycles. The molecule has 1 fully saturated rings. The van der Waals surface area contributed by atoms with Gasteiger partial charge in [-0.3, -0.25) is 4.79 Å². The maximum atomic E-state index is 13.4. The molecule has 0 aliphatic carbocycles. The SMILES string of the molecule is C[C@H](C(=O)N1CC(C(C)(C)C)C(N)C1c1ccccc1)c1ccccc1. The molecule has 1 heterocycles. The van der Waals surface area contributed by atoms with Gasteiger partial charge in [0.2, 0.25) is 5.91 Å². The number of carbonyl (C=O) groups is 1. The van der Waals surface area contributed by atoms with E-state index in [0.717, 1.165) is 11.1 Å². The Morgan fingerprint density at radius 3 is 2.12 bits per heavy atom. The van der Waals surface area contributed by atoms with E-state index in [-0.39, 0.29) is 35.2 Å². The highest BCUT2D eigenvalue weighted by molar-refractivity contribution is 5.84. The minimum atomic E-state index is -0.173. The van der Waals surface area contributed by atoms with Gasteiger partial charge in [0.1, 0.15) is 0 Å². The number of hydrogen-bond acceptors (Lipinski definition) is 2. The maximum absolute atomic E-state index is 13.4. The van der Waals surface area contributed by atoms with Crippen molar-refractivity contribution < 1.29 is 4.79 Å². The lowest BCUT2D eigenvalue weighted by atomic mass is 9.76. The first-order valence-corrected chi connectivity index (χ1v) is 9.46. The minimum Gasteiger partial charge on any atom is -0.333 e. The number of likely N-dealkylation sites (tertiary alicyclic amines) is 1. The Labute approximate surface area is 157 Å². The van der Waals surface area contributed by atoms with Crippen LogP contribution in [0.1, 0.15) is 50.8 Å². The predicted molar refractivity (Wildman–Crippen MR) is 107 cm³/mol. The molecule has 1 aliphatic rings. The van der Waals surface area contributed by atoms with Crippen LogP contribution in [0, 0.1) is 11.3 Å². The van der Waals surface area contributed by atoms with Gasteiger partial charge in [-0.2, -0.15) is 0 Å². The molecule has 1 amide bonds. The smallest absolute Gasteiger partial charge is 0.230 e. The van der Waals surface area contributed by atoms with E-state index in [4.69, 9.17) is 5.73 Å². The zero-order valence-corrected chi connectivity index (χ0v) is 16.2. The second kappa shape index (κ2) is 7.24. The van der Waals surface area contributed by atoms with E-state index in [1.165, 1.54) is 0 Å². The van der Waals surface area contributed by atoms with Crippen molar-refractivity contribution in [2.75, 3.05) is 6.54 Å². The van der Waals surface area contributed by atoms with Crippen LogP contribution >= 0.6 is 0 Å². The van der Waals surface area contributed by atoms with Crippen molar-refractivity contribution in [2.24, 2.45) is 17.1 Å². The Morgan fingerprint density at radius 2 is 1.58 bits per heavy atom. The first kappa shape index (κ1) is 18.7. The van der Waals surface area contributed by atoms with Crippen molar-refractivity contribution in [1.82, 2.24) is 4.90 Å². The van der Waals surface area contributed by atoms with Gasteiger partial charge in [-0.05, 0) is 29.4 Å². The first-order chi connectivity index (χ1) is 12.3. The molecule has 0 saturated carbocycles. The lowest BCUT2D eigenvalue weighted by molar-refractivity contribution is -0.133. The van der Waals surface area contributed by atoms with Crippen molar-refractivity contribution in [3.63, 3.8) is 0 Å². The standard InChI is InChI=1S/C23H30N2O/c1-16(17-11-7-5-8-12-17)22(26)25-15-19(23(2,3)4)20(24)21(25)18-13-9-6-10-14-18/h5-14,16,19-21H,15,24H2,1-4H3/t16-,19?,20?,21?/m0/s1. The quantitative estimate of drug-likeness (QED) is 0.894. The van der Waals surface area contributed by atoms with Gasteiger partial charge in [-0.25, -0.2) is 0 Å². The summed E-state index contributed by atoms with van der Waals surface area (Å²) in [7, 11) is 0. The Bertz CT molecular complexity index is 736. The molecular formula is C23H30N2O. The van der Waals surface area contributed by atoms with Gasteiger partial charge in [0.15, 0.2) is 0 Å². The molecular weight excluding hydrogens is 320 g/mol. The molecule has 0 radical (unpaired) electrons. The van der Waals surface area contributed by atoms with Crippen LogP contribution in [0.15, 0.2) is 60.7 Å². The van der Waals surface area contributed by atoms with Crippen molar-refractivity contribution in [2.45, 2.75) is 45.7 Å². The number of hydrogen-bond donors (Lipinski definition) is 1. The average Bonchev–Trinajstić information content (AvgIpc) is 2.99. The minimum absolute atomic E-state index is 0.0530. The fourth-order valence-electron chi connectivity index (χ4n) is 4.14. The lowest BCUT2D eigenvalue weighted by Gasteiger charge is -2.31. The van der Waals surface area contributed by atoms with Gasteiger partial charge in [-0.1, -0.05) is 81.4 Å². The third-order valence-electron chi connectivity index (χ3n) is 5.76. The number of nitrogens with zero attached hydrogens (tertiary/aromatic N) is 1. The fraction of sp³-hybridized carbons (Fsp3) is 0.435. The number of amides is 1. The number of rotatable bonds is 3. The van der Waals surface area contributed by atoms with Crippen LogP contribution in [-0.2, 0) is 4.79 Å². The van der Waals surface area contributed by atoms with E-state index in [1.54, 1.807) is 0 Å². The van der Waals surface area contributed by atoms with Crippen LogP contribution in [0.3, 0.4) is 0 Å². The summed E-state index contributed by atoms with van der Waals surface area (Å²) >= 11 is 0. The van der Waals surface area contributed by atoms with Crippen molar-refractivity contribution in [3.8, 4) is 0 Å². The zero-order chi connectivity index (χ0) is 18.9. The van der Waals surface area contributed by atoms with Crippen molar-refractivity contribution >= 4 is 5.91 Å². The van der Waals surface area contributed by atoms with Gasteiger partial charge >= 0.3 is 0 Å². The van der Waals surface area contributed by atoms with E-state index >= 15 is 0 Å². The van der Waals surface area contributed by atoms with Gasteiger partial charge < -0.3 is 10.6 Å². The summed E-state index contributed by atoms with van der Waals surface area (Å²) in [4.78, 5) is 15.4. The lowest BCUT2D eigenvalue weighted by Crippen LogP contribution is -2.39. The largest absolute Gasteiger partial charge is 0.333 e. The fourth-order valence-corrected chi connectivity index (χ4v) is 4.14. The molecule has 4 atom stereocenters. The molecule has 2 aromatic rings. The molecule has 0 spiro atoms. The summed E-state index contributed by atoms with van der Waals surface area (Å²) in [6, 6.07) is 20.1. The number of nitrogens with two attached hydrogens (primary N) is 1. The highest BCUT2D eigenvalue weighted by Crippen LogP contribution is 2.43. The van der Waals surface area contributed by atoms with Gasteiger partial charge in [0.25, 0.3) is 0 Å². The van der Waals surface area contributed by atoms with Crippen LogP contribution in [0.4, 0.5) is 0 Å². The summed E-state index contributed by atoms with van der Waals surface area (Å²) in [5, 5.41) is 0. The molecule has 3 nitrogen and oxygen atoms in total. The van der Waals surface area contributed by atoms with E-state index in [2.05, 4.69) is 32.9 Å². The van der Waals surface area contributed by atoms with E-state index in [1.807, 2.05) is 60.4 Å². The zero-order valence-electron chi connectivity index (χ0n) is 16.2. The van der Waals surface area contributed by atoms with Crippen LogP contribution in [0.2, 0.25) is 0 Å². The molecule has 3 rings (SSSR count). The molecule has 3 heteroatoms. The Kier molecular flexibility index (Phi) is 5.19. The number of benzene rings is 2. The summed E-state index contributed by atoms with van der Waals surface area (Å²) in [6.07, 6.45) is 0. The van der Waals surface area contributed by atoms with Crippen molar-refractivity contribution in [1.29, 1.82) is 0 Å². The van der Waals surface area contributed by atoms with Crippen LogP contribution in [0.5, 0.6) is 0 Å². The monoisotopic (exact) mass is 350 g/mol. The van der Waals surface area contributed by atoms with E-state index in [9.17, 15) is 4.79 Å². The third kappa shape index (κ3) is 3.54. The molecule has 3 unspecified atom stereocenters. The highest BCUT2D eigenvalue weighted by atomic mass is 16.2. The molecule has 1 aliphatic heterocycles. The van der Waals surface area contributed by atoms with Crippen molar-refractivity contribution in [3.05, 3.63) is 71.8 Å². The third-order valence-corrected chi connectivity index (χ3v) is 5.76. The van der Waals surface area contributed by atoms with Crippen LogP contribution in [-0.4, -0.2) is 23.4 Å². The molecule has 2 N–H and O–H groups in total. The molecule has 0 aromatic heterocycles.